The third-order valence-electron chi connectivity index (χ3n) is 2.59. The zero-order valence-corrected chi connectivity index (χ0v) is 12.5. The molecule has 1 amide bonds. The van der Waals surface area contributed by atoms with E-state index in [1.54, 1.807) is 23.8 Å². The number of ether oxygens (including phenoxy) is 1. The van der Waals surface area contributed by atoms with Crippen molar-refractivity contribution in [3.63, 3.8) is 0 Å². The molecule has 2 rings (SSSR count). The van der Waals surface area contributed by atoms with Gasteiger partial charge in [-0.15, -0.1) is 11.3 Å². The monoisotopic (exact) mass is 312 g/mol. The van der Waals surface area contributed by atoms with Gasteiger partial charge in [0.05, 0.1) is 12.8 Å². The van der Waals surface area contributed by atoms with Crippen LogP contribution in [0.5, 0.6) is 0 Å². The minimum absolute atomic E-state index is 0.0787. The molecule has 2 aromatic heterocycles. The molecule has 8 heteroatoms. The van der Waals surface area contributed by atoms with Crippen molar-refractivity contribution in [3.8, 4) is 0 Å². The highest BCUT2D eigenvalue weighted by atomic mass is 32.1. The van der Waals surface area contributed by atoms with Crippen LogP contribution in [0.4, 0.5) is 5.69 Å². The maximum Gasteiger partial charge on any atom is 0.350 e. The number of carbonyl (C=O) groups is 2. The number of nitrogens with one attached hydrogen (secondary N) is 1. The van der Waals surface area contributed by atoms with Crippen molar-refractivity contribution in [2.24, 2.45) is 0 Å². The minimum Gasteiger partial charge on any atom is -0.465 e. The number of carbonyl (C=O) groups excluding carboxylic acids is 2. The molecule has 0 aliphatic carbocycles. The molecule has 0 saturated heterocycles. The number of aromatic nitrogens is 1. The van der Waals surface area contributed by atoms with Crippen LogP contribution >= 0.6 is 22.7 Å². The van der Waals surface area contributed by atoms with Crippen LogP contribution in [0, 0.1) is 6.92 Å². The Labute approximate surface area is 122 Å². The quantitative estimate of drug-likeness (QED) is 0.872. The Morgan fingerprint density at radius 2 is 2.15 bits per heavy atom. The van der Waals surface area contributed by atoms with Gasteiger partial charge in [0, 0.05) is 11.1 Å². The van der Waals surface area contributed by atoms with Gasteiger partial charge in [-0.1, -0.05) is 11.3 Å². The Kier molecular flexibility index (Phi) is 4.35. The molecule has 0 spiro atoms. The molecule has 0 fully saturated rings. The van der Waals surface area contributed by atoms with Gasteiger partial charge in [0.2, 0.25) is 5.91 Å². The molecule has 20 heavy (non-hydrogen) atoms. The molecule has 0 aromatic carbocycles. The van der Waals surface area contributed by atoms with Crippen molar-refractivity contribution in [2.75, 3.05) is 12.4 Å². The third kappa shape index (κ3) is 2.97. The van der Waals surface area contributed by atoms with Gasteiger partial charge in [0.25, 0.3) is 0 Å². The highest BCUT2D eigenvalue weighted by molar-refractivity contribution is 7.12. The molecule has 1 N–H and O–H groups in total. The number of hydrogen-bond donors (Lipinski definition) is 1. The van der Waals surface area contributed by atoms with Crippen molar-refractivity contribution in [3.05, 3.63) is 37.1 Å². The minimum atomic E-state index is -0.501. The number of thiophene rings is 1. The first kappa shape index (κ1) is 14.5. The van der Waals surface area contributed by atoms with Gasteiger partial charge < -0.3 is 10.1 Å². The summed E-state index contributed by atoms with van der Waals surface area (Å²) in [4.78, 5) is 35.1. The van der Waals surface area contributed by atoms with Crippen LogP contribution < -0.4 is 10.2 Å². The van der Waals surface area contributed by atoms with Crippen LogP contribution in [0.2, 0.25) is 0 Å². The molecule has 6 nitrogen and oxygen atoms in total. The molecule has 0 atom stereocenters. The lowest BCUT2D eigenvalue weighted by molar-refractivity contribution is -0.116. The fourth-order valence-electron chi connectivity index (χ4n) is 1.59. The largest absolute Gasteiger partial charge is 0.465 e. The van der Waals surface area contributed by atoms with Crippen LogP contribution in [0.3, 0.4) is 0 Å². The number of hydrogen-bond acceptors (Lipinski definition) is 6. The molecule has 2 aromatic rings. The van der Waals surface area contributed by atoms with E-state index in [9.17, 15) is 14.4 Å². The second kappa shape index (κ2) is 6.02. The van der Waals surface area contributed by atoms with E-state index in [2.05, 4.69) is 10.1 Å². The van der Waals surface area contributed by atoms with E-state index in [1.165, 1.54) is 23.0 Å². The highest BCUT2D eigenvalue weighted by Crippen LogP contribution is 2.23. The van der Waals surface area contributed by atoms with Crippen LogP contribution in [-0.4, -0.2) is 23.6 Å². The maximum atomic E-state index is 11.9. The molecule has 0 saturated carbocycles. The summed E-state index contributed by atoms with van der Waals surface area (Å²) in [5.74, 6) is -0.865. The summed E-state index contributed by atoms with van der Waals surface area (Å²) in [7, 11) is 1.28. The lowest BCUT2D eigenvalue weighted by atomic mass is 10.3. The molecular formula is C12H12N2O4S2. The smallest absolute Gasteiger partial charge is 0.350 e. The SMILES string of the molecule is COC(=O)c1sccc1NC(=O)Cn1c(C)csc1=O. The first-order chi connectivity index (χ1) is 9.52. The van der Waals surface area contributed by atoms with Crippen LogP contribution in [0.15, 0.2) is 21.6 Å². The van der Waals surface area contributed by atoms with Gasteiger partial charge in [-0.25, -0.2) is 4.79 Å². The summed E-state index contributed by atoms with van der Waals surface area (Å²) in [5, 5.41) is 5.99. The first-order valence-corrected chi connectivity index (χ1v) is 7.39. The van der Waals surface area contributed by atoms with Crippen molar-refractivity contribution >= 4 is 40.2 Å². The molecule has 0 aliphatic heterocycles. The Bertz CT molecular complexity index is 698. The average molecular weight is 312 g/mol. The van der Waals surface area contributed by atoms with E-state index >= 15 is 0 Å². The Hall–Kier alpha value is -1.93. The zero-order valence-electron chi connectivity index (χ0n) is 10.8. The van der Waals surface area contributed by atoms with E-state index in [1.807, 2.05) is 0 Å². The van der Waals surface area contributed by atoms with E-state index < -0.39 is 5.97 Å². The fourth-order valence-corrected chi connectivity index (χ4v) is 3.09. The standard InChI is InChI=1S/C12H12N2O4S2/c1-7-6-20-12(17)14(7)5-9(15)13-8-3-4-19-10(8)11(16)18-2/h3-4,6H,5H2,1-2H3,(H,13,15). The summed E-state index contributed by atoms with van der Waals surface area (Å²) < 4.78 is 6.01. The summed E-state index contributed by atoms with van der Waals surface area (Å²) in [6.07, 6.45) is 0. The van der Waals surface area contributed by atoms with Crippen LogP contribution in [-0.2, 0) is 16.1 Å². The van der Waals surface area contributed by atoms with Crippen molar-refractivity contribution in [2.45, 2.75) is 13.5 Å². The third-order valence-corrected chi connectivity index (χ3v) is 4.36. The van der Waals surface area contributed by atoms with Crippen molar-refractivity contribution in [1.82, 2.24) is 4.57 Å². The number of aryl methyl sites for hydroxylation is 1. The number of methoxy groups -OCH3 is 1. The van der Waals surface area contributed by atoms with Gasteiger partial charge in [0.15, 0.2) is 0 Å². The Balaban J connectivity index is 2.11. The fraction of sp³-hybridized carbons (Fsp3) is 0.250. The summed E-state index contributed by atoms with van der Waals surface area (Å²) in [5.41, 5.74) is 1.13. The predicted octanol–water partition coefficient (Wildman–Crippen LogP) is 1.71. The number of rotatable bonds is 4. The summed E-state index contributed by atoms with van der Waals surface area (Å²) in [6.45, 7) is 1.68. The number of anilines is 1. The molecule has 106 valence electrons. The zero-order chi connectivity index (χ0) is 14.7. The molecule has 0 aliphatic rings. The second-order valence-electron chi connectivity index (χ2n) is 3.93. The topological polar surface area (TPSA) is 77.4 Å². The van der Waals surface area contributed by atoms with E-state index in [0.717, 1.165) is 17.0 Å². The van der Waals surface area contributed by atoms with Crippen molar-refractivity contribution in [1.29, 1.82) is 0 Å². The number of thiazole rings is 1. The van der Waals surface area contributed by atoms with E-state index in [-0.39, 0.29) is 17.3 Å². The summed E-state index contributed by atoms with van der Waals surface area (Å²) >= 11 is 2.23. The Morgan fingerprint density at radius 3 is 2.75 bits per heavy atom. The Morgan fingerprint density at radius 1 is 1.40 bits per heavy atom. The molecule has 2 heterocycles. The predicted molar refractivity (Wildman–Crippen MR) is 77.6 cm³/mol. The first-order valence-electron chi connectivity index (χ1n) is 5.63. The number of nitrogens with zero attached hydrogens (tertiary/aromatic N) is 1. The maximum absolute atomic E-state index is 11.9. The van der Waals surface area contributed by atoms with Crippen LogP contribution in [0.1, 0.15) is 15.4 Å². The lowest BCUT2D eigenvalue weighted by Crippen LogP contribution is -2.25. The van der Waals surface area contributed by atoms with Crippen LogP contribution in [0.25, 0.3) is 0 Å². The molecule has 0 unspecified atom stereocenters. The van der Waals surface area contributed by atoms with Gasteiger partial charge in [0.1, 0.15) is 11.4 Å². The normalized spacial score (nSPS) is 10.3. The van der Waals surface area contributed by atoms with E-state index in [0.29, 0.717) is 10.6 Å². The van der Waals surface area contributed by atoms with Gasteiger partial charge in [-0.3, -0.25) is 14.2 Å². The number of amides is 1. The van der Waals surface area contributed by atoms with E-state index in [4.69, 9.17) is 0 Å². The molecule has 0 bridgehead atoms. The molecule has 0 radical (unpaired) electrons. The van der Waals surface area contributed by atoms with Gasteiger partial charge >= 0.3 is 10.8 Å². The van der Waals surface area contributed by atoms with Gasteiger partial charge in [-0.05, 0) is 18.4 Å². The highest BCUT2D eigenvalue weighted by Gasteiger charge is 2.16. The number of esters is 1. The summed E-state index contributed by atoms with van der Waals surface area (Å²) in [6, 6.07) is 1.62. The second-order valence-corrected chi connectivity index (χ2v) is 5.67. The van der Waals surface area contributed by atoms with Crippen molar-refractivity contribution < 1.29 is 14.3 Å². The van der Waals surface area contributed by atoms with Gasteiger partial charge in [-0.2, -0.15) is 0 Å². The average Bonchev–Trinajstić information content (AvgIpc) is 2.99. The molecular weight excluding hydrogens is 300 g/mol. The lowest BCUT2D eigenvalue weighted by Gasteiger charge is -2.07.